The minimum absolute atomic E-state index is 0.419. The summed E-state index contributed by atoms with van der Waals surface area (Å²) in [5.74, 6) is 0.745. The standard InChI is InChI=1S/C13H29NO/c1-12(2)10-14-11-13(3,4)8-6-7-9-15-5/h12,14H,6-11H2,1-5H3. The molecule has 0 atom stereocenters. The molecule has 0 unspecified atom stereocenters. The highest BCUT2D eigenvalue weighted by Gasteiger charge is 2.16. The molecule has 0 radical (unpaired) electrons. The van der Waals surface area contributed by atoms with Crippen molar-refractivity contribution in [2.24, 2.45) is 11.3 Å². The highest BCUT2D eigenvalue weighted by Crippen LogP contribution is 2.22. The van der Waals surface area contributed by atoms with Crippen LogP contribution in [-0.2, 0) is 4.74 Å². The molecule has 0 bridgehead atoms. The van der Waals surface area contributed by atoms with E-state index in [0.29, 0.717) is 5.41 Å². The lowest BCUT2D eigenvalue weighted by atomic mass is 9.87. The molecule has 0 saturated carbocycles. The van der Waals surface area contributed by atoms with Crippen LogP contribution in [0.2, 0.25) is 0 Å². The van der Waals surface area contributed by atoms with E-state index in [1.807, 2.05) is 0 Å². The third kappa shape index (κ3) is 10.2. The number of rotatable bonds is 9. The minimum atomic E-state index is 0.419. The fourth-order valence-corrected chi connectivity index (χ4v) is 1.64. The number of methoxy groups -OCH3 is 1. The van der Waals surface area contributed by atoms with Crippen LogP contribution < -0.4 is 5.32 Å². The summed E-state index contributed by atoms with van der Waals surface area (Å²) in [6.07, 6.45) is 3.73. The second-order valence-corrected chi connectivity index (χ2v) is 5.64. The van der Waals surface area contributed by atoms with E-state index >= 15 is 0 Å². The third-order valence-corrected chi connectivity index (χ3v) is 2.61. The average molecular weight is 215 g/mol. The quantitative estimate of drug-likeness (QED) is 0.597. The molecule has 0 aromatic rings. The van der Waals surface area contributed by atoms with E-state index in [2.05, 4.69) is 33.0 Å². The maximum Gasteiger partial charge on any atom is 0.0462 e. The molecule has 0 amide bonds. The Kier molecular flexibility index (Phi) is 8.07. The van der Waals surface area contributed by atoms with Crippen LogP contribution in [0.1, 0.15) is 47.0 Å². The van der Waals surface area contributed by atoms with Crippen molar-refractivity contribution >= 4 is 0 Å². The predicted octanol–water partition coefficient (Wildman–Crippen LogP) is 3.07. The van der Waals surface area contributed by atoms with Crippen LogP contribution in [0.25, 0.3) is 0 Å². The van der Waals surface area contributed by atoms with Crippen molar-refractivity contribution in [1.82, 2.24) is 5.32 Å². The molecule has 0 aliphatic rings. The predicted molar refractivity (Wildman–Crippen MR) is 67.2 cm³/mol. The summed E-state index contributed by atoms with van der Waals surface area (Å²) in [6, 6.07) is 0. The normalized spacial score (nSPS) is 12.4. The van der Waals surface area contributed by atoms with E-state index < -0.39 is 0 Å². The highest BCUT2D eigenvalue weighted by atomic mass is 16.5. The molecule has 92 valence electrons. The van der Waals surface area contributed by atoms with Gasteiger partial charge < -0.3 is 10.1 Å². The van der Waals surface area contributed by atoms with Crippen molar-refractivity contribution in [3.63, 3.8) is 0 Å². The monoisotopic (exact) mass is 215 g/mol. The summed E-state index contributed by atoms with van der Waals surface area (Å²) >= 11 is 0. The molecule has 1 N–H and O–H groups in total. The largest absolute Gasteiger partial charge is 0.385 e. The van der Waals surface area contributed by atoms with Gasteiger partial charge in [0.15, 0.2) is 0 Å². The van der Waals surface area contributed by atoms with Gasteiger partial charge in [-0.25, -0.2) is 0 Å². The molecule has 0 aliphatic carbocycles. The first-order valence-electron chi connectivity index (χ1n) is 6.17. The third-order valence-electron chi connectivity index (χ3n) is 2.61. The van der Waals surface area contributed by atoms with Crippen molar-refractivity contribution in [2.45, 2.75) is 47.0 Å². The van der Waals surface area contributed by atoms with Crippen molar-refractivity contribution in [3.8, 4) is 0 Å². The zero-order valence-electron chi connectivity index (χ0n) is 11.2. The van der Waals surface area contributed by atoms with E-state index in [1.165, 1.54) is 19.3 Å². The molecule has 2 heteroatoms. The molecule has 2 nitrogen and oxygen atoms in total. The van der Waals surface area contributed by atoms with E-state index in [-0.39, 0.29) is 0 Å². The SMILES string of the molecule is COCCCCC(C)(C)CNCC(C)C. The van der Waals surface area contributed by atoms with E-state index in [4.69, 9.17) is 4.74 Å². The van der Waals surface area contributed by atoms with Crippen molar-refractivity contribution in [1.29, 1.82) is 0 Å². The van der Waals surface area contributed by atoms with Crippen molar-refractivity contribution < 1.29 is 4.74 Å². The highest BCUT2D eigenvalue weighted by molar-refractivity contribution is 4.71. The zero-order valence-corrected chi connectivity index (χ0v) is 11.2. The molecular formula is C13H29NO. The summed E-state index contributed by atoms with van der Waals surface area (Å²) in [4.78, 5) is 0. The lowest BCUT2D eigenvalue weighted by Crippen LogP contribution is -2.31. The summed E-state index contributed by atoms with van der Waals surface area (Å²) in [5.41, 5.74) is 0.419. The summed E-state index contributed by atoms with van der Waals surface area (Å²) < 4.78 is 5.05. The maximum atomic E-state index is 5.05. The number of ether oxygens (including phenoxy) is 1. The van der Waals surface area contributed by atoms with Crippen molar-refractivity contribution in [3.05, 3.63) is 0 Å². The first-order valence-corrected chi connectivity index (χ1v) is 6.17. The Balaban J connectivity index is 3.48. The number of unbranched alkanes of at least 4 members (excludes halogenated alkanes) is 1. The Hall–Kier alpha value is -0.0800. The Morgan fingerprint density at radius 1 is 1.20 bits per heavy atom. The van der Waals surface area contributed by atoms with Crippen LogP contribution >= 0.6 is 0 Å². The molecule has 0 aliphatic heterocycles. The summed E-state index contributed by atoms with van der Waals surface area (Å²) in [7, 11) is 1.77. The smallest absolute Gasteiger partial charge is 0.0462 e. The van der Waals surface area contributed by atoms with Crippen LogP contribution in [-0.4, -0.2) is 26.8 Å². The summed E-state index contributed by atoms with van der Waals surface area (Å²) in [5, 5.41) is 3.53. The van der Waals surface area contributed by atoms with Crippen LogP contribution in [0.15, 0.2) is 0 Å². The first kappa shape index (κ1) is 14.9. The van der Waals surface area contributed by atoms with Crippen molar-refractivity contribution in [2.75, 3.05) is 26.8 Å². The molecule has 0 fully saturated rings. The fourth-order valence-electron chi connectivity index (χ4n) is 1.64. The van der Waals surface area contributed by atoms with Gasteiger partial charge in [-0.15, -0.1) is 0 Å². The first-order chi connectivity index (χ1) is 6.98. The Bertz CT molecular complexity index is 143. The van der Waals surface area contributed by atoms with Gasteiger partial charge >= 0.3 is 0 Å². The van der Waals surface area contributed by atoms with E-state index in [0.717, 1.165) is 25.6 Å². The lowest BCUT2D eigenvalue weighted by Gasteiger charge is -2.25. The Morgan fingerprint density at radius 3 is 2.40 bits per heavy atom. The van der Waals surface area contributed by atoms with E-state index in [9.17, 15) is 0 Å². The van der Waals surface area contributed by atoms with Gasteiger partial charge in [0.25, 0.3) is 0 Å². The molecule has 0 rings (SSSR count). The molecule has 0 saturated heterocycles. The minimum Gasteiger partial charge on any atom is -0.385 e. The molecule has 0 aromatic carbocycles. The lowest BCUT2D eigenvalue weighted by molar-refractivity contribution is 0.185. The Labute approximate surface area is 95.8 Å². The van der Waals surface area contributed by atoms with Gasteiger partial charge in [-0.1, -0.05) is 34.1 Å². The molecule has 0 heterocycles. The van der Waals surface area contributed by atoms with Crippen LogP contribution in [0, 0.1) is 11.3 Å². The topological polar surface area (TPSA) is 21.3 Å². The number of hydrogen-bond donors (Lipinski definition) is 1. The summed E-state index contributed by atoms with van der Waals surface area (Å²) in [6.45, 7) is 12.3. The second kappa shape index (κ2) is 8.12. The van der Waals surface area contributed by atoms with Crippen LogP contribution in [0.5, 0.6) is 0 Å². The molecular weight excluding hydrogens is 186 g/mol. The fraction of sp³-hybridized carbons (Fsp3) is 1.00. The van der Waals surface area contributed by atoms with Gasteiger partial charge in [0.05, 0.1) is 0 Å². The van der Waals surface area contributed by atoms with Gasteiger partial charge in [-0.05, 0) is 30.7 Å². The number of hydrogen-bond acceptors (Lipinski definition) is 2. The van der Waals surface area contributed by atoms with Gasteiger partial charge in [-0.3, -0.25) is 0 Å². The second-order valence-electron chi connectivity index (χ2n) is 5.64. The van der Waals surface area contributed by atoms with Crippen LogP contribution in [0.4, 0.5) is 0 Å². The Morgan fingerprint density at radius 2 is 1.87 bits per heavy atom. The molecule has 0 spiro atoms. The molecule has 0 aromatic heterocycles. The van der Waals surface area contributed by atoms with Crippen LogP contribution in [0.3, 0.4) is 0 Å². The average Bonchev–Trinajstić information content (AvgIpc) is 2.11. The van der Waals surface area contributed by atoms with Gasteiger partial charge in [0.2, 0.25) is 0 Å². The van der Waals surface area contributed by atoms with Gasteiger partial charge in [0.1, 0.15) is 0 Å². The molecule has 15 heavy (non-hydrogen) atoms. The van der Waals surface area contributed by atoms with Gasteiger partial charge in [0, 0.05) is 20.3 Å². The van der Waals surface area contributed by atoms with Gasteiger partial charge in [-0.2, -0.15) is 0 Å². The number of nitrogens with one attached hydrogen (secondary N) is 1. The zero-order chi connectivity index (χ0) is 11.7. The van der Waals surface area contributed by atoms with E-state index in [1.54, 1.807) is 7.11 Å². The maximum absolute atomic E-state index is 5.05.